The van der Waals surface area contributed by atoms with Crippen LogP contribution in [0.1, 0.15) is 25.8 Å². The van der Waals surface area contributed by atoms with Crippen molar-refractivity contribution in [3.63, 3.8) is 0 Å². The Labute approximate surface area is 121 Å². The molecule has 1 atom stereocenters. The minimum atomic E-state index is 0.534. The number of halogens is 1. The van der Waals surface area contributed by atoms with Crippen LogP contribution in [0.4, 0.5) is 0 Å². The minimum Gasteiger partial charge on any atom is -0.490 e. The van der Waals surface area contributed by atoms with E-state index in [2.05, 4.69) is 19.2 Å². The Bertz CT molecular complexity index is 371. The number of quaternary nitrogens is 1. The van der Waals surface area contributed by atoms with Gasteiger partial charge >= 0.3 is 0 Å². The van der Waals surface area contributed by atoms with Crippen LogP contribution < -0.4 is 10.1 Å². The molecule has 2 N–H and O–H groups in total. The molecule has 1 aromatic rings. The van der Waals surface area contributed by atoms with Gasteiger partial charge < -0.3 is 14.8 Å². The van der Waals surface area contributed by atoms with Crippen molar-refractivity contribution >= 4 is 11.6 Å². The fourth-order valence-electron chi connectivity index (χ4n) is 1.64. The number of hydrogen-bond donors (Lipinski definition) is 1. The van der Waals surface area contributed by atoms with Gasteiger partial charge in [-0.25, -0.2) is 0 Å². The van der Waals surface area contributed by atoms with Crippen LogP contribution >= 0.6 is 11.6 Å². The first kappa shape index (κ1) is 16.3. The van der Waals surface area contributed by atoms with Crippen molar-refractivity contribution in [2.24, 2.45) is 0 Å². The normalized spacial score (nSPS) is 12.4. The highest BCUT2D eigenvalue weighted by Crippen LogP contribution is 2.24. The van der Waals surface area contributed by atoms with Gasteiger partial charge in [0.25, 0.3) is 0 Å². The summed E-state index contributed by atoms with van der Waals surface area (Å²) in [7, 11) is 0. The van der Waals surface area contributed by atoms with Gasteiger partial charge in [0, 0.05) is 0 Å². The van der Waals surface area contributed by atoms with E-state index in [-0.39, 0.29) is 0 Å². The first-order valence-electron chi connectivity index (χ1n) is 6.93. The molecule has 0 aliphatic heterocycles. The fraction of sp³-hybridized carbons (Fsp3) is 0.600. The first-order chi connectivity index (χ1) is 9.13. The number of rotatable bonds is 9. The predicted octanol–water partition coefficient (Wildman–Crippen LogP) is 2.41. The highest BCUT2D eigenvalue weighted by molar-refractivity contribution is 6.32. The van der Waals surface area contributed by atoms with Gasteiger partial charge in [-0.15, -0.1) is 0 Å². The summed E-state index contributed by atoms with van der Waals surface area (Å²) in [6.45, 7) is 9.32. The van der Waals surface area contributed by atoms with Crippen LogP contribution in [0, 0.1) is 6.92 Å². The zero-order chi connectivity index (χ0) is 14.1. The number of aryl methyl sites for hydroxylation is 1. The van der Waals surface area contributed by atoms with Crippen molar-refractivity contribution in [3.8, 4) is 5.75 Å². The Morgan fingerprint density at radius 1 is 1.26 bits per heavy atom. The van der Waals surface area contributed by atoms with E-state index in [1.54, 1.807) is 0 Å². The lowest BCUT2D eigenvalue weighted by molar-refractivity contribution is -0.687. The van der Waals surface area contributed by atoms with E-state index in [4.69, 9.17) is 21.1 Å². The zero-order valence-corrected chi connectivity index (χ0v) is 12.9. The molecule has 3 nitrogen and oxygen atoms in total. The molecule has 0 amide bonds. The molecule has 0 aromatic heterocycles. The molecular weight excluding hydrogens is 262 g/mol. The summed E-state index contributed by atoms with van der Waals surface area (Å²) >= 11 is 6.07. The van der Waals surface area contributed by atoms with E-state index in [0.717, 1.165) is 24.5 Å². The lowest BCUT2D eigenvalue weighted by Crippen LogP contribution is -2.90. The Balaban J connectivity index is 2.07. The summed E-state index contributed by atoms with van der Waals surface area (Å²) < 4.78 is 11.1. The Kier molecular flexibility index (Phi) is 7.87. The smallest absolute Gasteiger partial charge is 0.138 e. The number of benzene rings is 1. The topological polar surface area (TPSA) is 35.1 Å². The predicted molar refractivity (Wildman–Crippen MR) is 79.0 cm³/mol. The first-order valence-corrected chi connectivity index (χ1v) is 7.31. The molecule has 0 spiro atoms. The number of hydrogen-bond acceptors (Lipinski definition) is 2. The van der Waals surface area contributed by atoms with E-state index in [1.165, 1.54) is 6.42 Å². The van der Waals surface area contributed by atoms with Gasteiger partial charge in [-0.2, -0.15) is 0 Å². The molecule has 0 heterocycles. The lowest BCUT2D eigenvalue weighted by atomic mass is 10.2. The average molecular weight is 287 g/mol. The van der Waals surface area contributed by atoms with Gasteiger partial charge in [-0.05, 0) is 38.0 Å². The van der Waals surface area contributed by atoms with Crippen LogP contribution in [-0.2, 0) is 4.74 Å². The van der Waals surface area contributed by atoms with E-state index >= 15 is 0 Å². The van der Waals surface area contributed by atoms with Crippen LogP contribution in [0.2, 0.25) is 5.02 Å². The van der Waals surface area contributed by atoms with Crippen molar-refractivity contribution in [3.05, 3.63) is 28.8 Å². The quantitative estimate of drug-likeness (QED) is 0.708. The van der Waals surface area contributed by atoms with E-state index in [9.17, 15) is 0 Å². The van der Waals surface area contributed by atoms with Crippen LogP contribution in [0.5, 0.6) is 5.75 Å². The van der Waals surface area contributed by atoms with Crippen molar-refractivity contribution in [1.29, 1.82) is 0 Å². The third-order valence-electron chi connectivity index (χ3n) is 3.05. The second-order valence-electron chi connectivity index (χ2n) is 4.80. The van der Waals surface area contributed by atoms with E-state index in [1.807, 2.05) is 25.1 Å². The fourth-order valence-corrected chi connectivity index (χ4v) is 1.93. The summed E-state index contributed by atoms with van der Waals surface area (Å²) in [5.41, 5.74) is 1.13. The van der Waals surface area contributed by atoms with Crippen LogP contribution in [-0.4, -0.2) is 32.4 Å². The van der Waals surface area contributed by atoms with Gasteiger partial charge in [-0.1, -0.05) is 24.6 Å². The third kappa shape index (κ3) is 6.81. The maximum atomic E-state index is 6.07. The molecule has 0 saturated heterocycles. The lowest BCUT2D eigenvalue weighted by Gasteiger charge is -2.10. The monoisotopic (exact) mass is 286 g/mol. The molecule has 1 rings (SSSR count). The van der Waals surface area contributed by atoms with Gasteiger partial charge in [0.05, 0.1) is 30.8 Å². The SMILES string of the molecule is CC[C@@H](C)[NH2+]CCOCCOc1ccc(C)cc1Cl. The van der Waals surface area contributed by atoms with Gasteiger partial charge in [0.2, 0.25) is 0 Å². The van der Waals surface area contributed by atoms with Crippen molar-refractivity contribution in [1.82, 2.24) is 0 Å². The number of ether oxygens (including phenoxy) is 2. The highest BCUT2D eigenvalue weighted by atomic mass is 35.5. The van der Waals surface area contributed by atoms with Gasteiger partial charge in [0.15, 0.2) is 0 Å². The Morgan fingerprint density at radius 3 is 2.74 bits per heavy atom. The minimum absolute atomic E-state index is 0.534. The molecular formula is C15H25ClNO2+. The van der Waals surface area contributed by atoms with Crippen LogP contribution in [0.25, 0.3) is 0 Å². The van der Waals surface area contributed by atoms with Crippen molar-refractivity contribution < 1.29 is 14.8 Å². The maximum Gasteiger partial charge on any atom is 0.138 e. The summed E-state index contributed by atoms with van der Waals surface area (Å²) in [5, 5.41) is 2.96. The molecule has 108 valence electrons. The summed E-state index contributed by atoms with van der Waals surface area (Å²) in [6, 6.07) is 6.46. The van der Waals surface area contributed by atoms with Gasteiger partial charge in [0.1, 0.15) is 12.4 Å². The second-order valence-corrected chi connectivity index (χ2v) is 5.21. The molecule has 0 saturated carbocycles. The molecule has 0 aliphatic rings. The summed E-state index contributed by atoms with van der Waals surface area (Å²) in [5.74, 6) is 0.724. The van der Waals surface area contributed by atoms with Crippen molar-refractivity contribution in [2.45, 2.75) is 33.2 Å². The molecule has 19 heavy (non-hydrogen) atoms. The number of nitrogens with two attached hydrogens (primary N) is 1. The second kappa shape index (κ2) is 9.18. The van der Waals surface area contributed by atoms with E-state index in [0.29, 0.717) is 24.3 Å². The largest absolute Gasteiger partial charge is 0.490 e. The molecule has 1 aromatic carbocycles. The standard InChI is InChI=1S/C15H24ClNO2/c1-4-13(3)17-7-8-18-9-10-19-15-6-5-12(2)11-14(15)16/h5-6,11,13,17H,4,7-10H2,1-3H3/p+1/t13-/m1/s1. The highest BCUT2D eigenvalue weighted by Gasteiger charge is 2.02. The Hall–Kier alpha value is -0.770. The summed E-state index contributed by atoms with van der Waals surface area (Å²) in [6.07, 6.45) is 1.19. The Morgan fingerprint density at radius 2 is 2.05 bits per heavy atom. The molecule has 0 unspecified atom stereocenters. The molecule has 0 fully saturated rings. The summed E-state index contributed by atoms with van der Waals surface area (Å²) in [4.78, 5) is 0. The van der Waals surface area contributed by atoms with Crippen LogP contribution in [0.3, 0.4) is 0 Å². The zero-order valence-electron chi connectivity index (χ0n) is 12.1. The maximum absolute atomic E-state index is 6.07. The van der Waals surface area contributed by atoms with E-state index < -0.39 is 0 Å². The third-order valence-corrected chi connectivity index (χ3v) is 3.34. The van der Waals surface area contributed by atoms with Gasteiger partial charge in [-0.3, -0.25) is 0 Å². The average Bonchev–Trinajstić information content (AvgIpc) is 2.39. The molecule has 0 aliphatic carbocycles. The molecule has 0 bridgehead atoms. The van der Waals surface area contributed by atoms with Crippen LogP contribution in [0.15, 0.2) is 18.2 Å². The molecule has 0 radical (unpaired) electrons. The van der Waals surface area contributed by atoms with Crippen molar-refractivity contribution in [2.75, 3.05) is 26.4 Å². The molecule has 4 heteroatoms.